The molecule has 3 aromatic carbocycles. The Morgan fingerprint density at radius 2 is 1.53 bits per heavy atom. The van der Waals surface area contributed by atoms with Crippen LogP contribution in [0.1, 0.15) is 35.5 Å². The molecule has 0 radical (unpaired) electrons. The summed E-state index contributed by atoms with van der Waals surface area (Å²) in [5.41, 5.74) is 2.02. The van der Waals surface area contributed by atoms with E-state index in [-0.39, 0.29) is 22.6 Å². The van der Waals surface area contributed by atoms with Gasteiger partial charge in [0.25, 0.3) is 15.9 Å². The van der Waals surface area contributed by atoms with Crippen LogP contribution < -0.4 is 9.21 Å². The first-order valence-electron chi connectivity index (χ1n) is 11.1. The highest BCUT2D eigenvalue weighted by atomic mass is 32.2. The van der Waals surface area contributed by atoms with Gasteiger partial charge in [-0.1, -0.05) is 54.6 Å². The number of carbonyl (C=O) groups is 1. The molecule has 5 rings (SSSR count). The molecule has 0 N–H and O–H groups in total. The zero-order chi connectivity index (χ0) is 23.7. The third kappa shape index (κ3) is 3.78. The fourth-order valence-electron chi connectivity index (χ4n) is 4.60. The summed E-state index contributed by atoms with van der Waals surface area (Å²) < 4.78 is 34.8. The van der Waals surface area contributed by atoms with E-state index >= 15 is 0 Å². The summed E-state index contributed by atoms with van der Waals surface area (Å²) in [6, 6.07) is 27.6. The molecule has 1 aliphatic heterocycles. The molecule has 1 aromatic heterocycles. The van der Waals surface area contributed by atoms with Crippen LogP contribution in [0.4, 0.5) is 11.4 Å². The molecular weight excluding hydrogens is 448 g/mol. The van der Waals surface area contributed by atoms with Crippen LogP contribution in [0.25, 0.3) is 0 Å². The highest BCUT2D eigenvalue weighted by Gasteiger charge is 2.41. The zero-order valence-electron chi connectivity index (χ0n) is 18.6. The van der Waals surface area contributed by atoms with Crippen LogP contribution in [0.3, 0.4) is 0 Å². The second-order valence-corrected chi connectivity index (χ2v) is 10.1. The highest BCUT2D eigenvalue weighted by Crippen LogP contribution is 2.44. The molecule has 7 heteroatoms. The Hall–Kier alpha value is -3.84. The molecule has 1 aliphatic rings. The van der Waals surface area contributed by atoms with Gasteiger partial charge in [-0.05, 0) is 61.4 Å². The number of fused-ring (bicyclic) bond motifs is 1. The van der Waals surface area contributed by atoms with E-state index in [2.05, 4.69) is 0 Å². The van der Waals surface area contributed by atoms with Crippen LogP contribution in [0, 0.1) is 0 Å². The molecule has 0 fully saturated rings. The van der Waals surface area contributed by atoms with Crippen LogP contribution in [-0.2, 0) is 10.0 Å². The van der Waals surface area contributed by atoms with Crippen LogP contribution in [0.5, 0.6) is 0 Å². The topological polar surface area (TPSA) is 70.8 Å². The molecule has 2 atom stereocenters. The van der Waals surface area contributed by atoms with Crippen LogP contribution in [-0.4, -0.2) is 20.4 Å². The summed E-state index contributed by atoms with van der Waals surface area (Å²) in [6.07, 6.45) is 1.89. The maximum atomic E-state index is 14.0. The van der Waals surface area contributed by atoms with Crippen molar-refractivity contribution in [2.24, 2.45) is 0 Å². The molecule has 172 valence electrons. The van der Waals surface area contributed by atoms with Gasteiger partial charge in [0, 0.05) is 11.7 Å². The number of para-hydroxylation sites is 2. The summed E-state index contributed by atoms with van der Waals surface area (Å²) in [5.74, 6) is -0.00231. The minimum absolute atomic E-state index is 0.220. The fourth-order valence-corrected chi connectivity index (χ4v) is 6.26. The summed E-state index contributed by atoms with van der Waals surface area (Å²) in [7, 11) is -3.89. The van der Waals surface area contributed by atoms with Gasteiger partial charge < -0.3 is 9.32 Å². The van der Waals surface area contributed by atoms with Gasteiger partial charge in [0.05, 0.1) is 22.9 Å². The molecule has 0 bridgehead atoms. The normalized spacial score (nSPS) is 17.7. The summed E-state index contributed by atoms with van der Waals surface area (Å²) in [4.78, 5) is 15.2. The Morgan fingerprint density at radius 1 is 0.882 bits per heavy atom. The molecule has 34 heavy (non-hydrogen) atoms. The Labute approximate surface area is 199 Å². The van der Waals surface area contributed by atoms with Crippen molar-refractivity contribution >= 4 is 27.3 Å². The molecule has 0 spiro atoms. The van der Waals surface area contributed by atoms with Gasteiger partial charge in [0.2, 0.25) is 0 Å². The van der Waals surface area contributed by atoms with E-state index in [1.54, 1.807) is 59.5 Å². The lowest BCUT2D eigenvalue weighted by atomic mass is 9.91. The predicted molar refractivity (Wildman–Crippen MR) is 131 cm³/mol. The van der Waals surface area contributed by atoms with Gasteiger partial charge >= 0.3 is 0 Å². The number of carbonyl (C=O) groups excluding carboxylic acids is 1. The quantitative estimate of drug-likeness (QED) is 0.376. The van der Waals surface area contributed by atoms with Crippen molar-refractivity contribution in [3.63, 3.8) is 0 Å². The Kier molecular flexibility index (Phi) is 5.71. The summed E-state index contributed by atoms with van der Waals surface area (Å²) >= 11 is 0. The maximum absolute atomic E-state index is 14.0. The van der Waals surface area contributed by atoms with E-state index in [0.29, 0.717) is 17.8 Å². The molecule has 4 aromatic rings. The Bertz CT molecular complexity index is 1390. The van der Waals surface area contributed by atoms with Gasteiger partial charge in [-0.25, -0.2) is 8.42 Å². The monoisotopic (exact) mass is 472 g/mol. The lowest BCUT2D eigenvalue weighted by Gasteiger charge is -2.43. The van der Waals surface area contributed by atoms with Gasteiger partial charge in [-0.3, -0.25) is 9.10 Å². The molecular formula is C27H24N2O4S. The number of amides is 1. The third-order valence-electron chi connectivity index (χ3n) is 6.10. The van der Waals surface area contributed by atoms with Crippen LogP contribution in [0.2, 0.25) is 0 Å². The van der Waals surface area contributed by atoms with E-state index in [1.165, 1.54) is 10.6 Å². The van der Waals surface area contributed by atoms with Crippen LogP contribution >= 0.6 is 0 Å². The first-order chi connectivity index (χ1) is 16.5. The third-order valence-corrected chi connectivity index (χ3v) is 7.96. The Balaban J connectivity index is 1.66. The number of hydrogen-bond donors (Lipinski definition) is 0. The first-order valence-corrected chi connectivity index (χ1v) is 12.5. The number of furan rings is 1. The van der Waals surface area contributed by atoms with Crippen molar-refractivity contribution in [1.29, 1.82) is 0 Å². The van der Waals surface area contributed by atoms with E-state index in [1.807, 2.05) is 49.4 Å². The van der Waals surface area contributed by atoms with Crippen molar-refractivity contribution < 1.29 is 17.6 Å². The second kappa shape index (κ2) is 8.83. The van der Waals surface area contributed by atoms with Crippen molar-refractivity contribution in [3.8, 4) is 0 Å². The average molecular weight is 473 g/mol. The van der Waals surface area contributed by atoms with E-state index < -0.39 is 16.1 Å². The number of rotatable bonds is 5. The van der Waals surface area contributed by atoms with Crippen molar-refractivity contribution in [3.05, 3.63) is 115 Å². The first kappa shape index (κ1) is 22.0. The zero-order valence-corrected chi connectivity index (χ0v) is 19.4. The van der Waals surface area contributed by atoms with E-state index in [9.17, 15) is 13.2 Å². The van der Waals surface area contributed by atoms with E-state index in [0.717, 1.165) is 5.56 Å². The molecule has 0 saturated carbocycles. The smallest absolute Gasteiger partial charge is 0.294 e. The number of benzene rings is 3. The number of hydrogen-bond acceptors (Lipinski definition) is 4. The van der Waals surface area contributed by atoms with Gasteiger partial charge in [0.1, 0.15) is 0 Å². The molecule has 1 amide bonds. The predicted octanol–water partition coefficient (Wildman–Crippen LogP) is 5.66. The molecule has 0 aliphatic carbocycles. The molecule has 6 nitrogen and oxygen atoms in total. The van der Waals surface area contributed by atoms with Gasteiger partial charge in [0.15, 0.2) is 5.76 Å². The fraction of sp³-hybridized carbons (Fsp3) is 0.148. The standard InChI is InChI=1S/C27H24N2O4S/c1-20-19-25(23-15-8-9-16-24(23)28(20)27(30)26-17-10-18-33-26)29(21-11-4-2-5-12-21)34(31,32)22-13-6-3-7-14-22/h2-18,20,25H,19H2,1H3. The maximum Gasteiger partial charge on any atom is 0.294 e. The van der Waals surface area contributed by atoms with Gasteiger partial charge in [-0.2, -0.15) is 0 Å². The number of sulfonamides is 1. The SMILES string of the molecule is CC1CC(N(c2ccccc2)S(=O)(=O)c2ccccc2)c2ccccc2N1C(=O)c1ccco1. The number of nitrogens with zero attached hydrogens (tertiary/aromatic N) is 2. The summed E-state index contributed by atoms with van der Waals surface area (Å²) in [5, 5.41) is 0. The lowest BCUT2D eigenvalue weighted by molar-refractivity contribution is 0.0947. The van der Waals surface area contributed by atoms with Crippen molar-refractivity contribution in [2.75, 3.05) is 9.21 Å². The van der Waals surface area contributed by atoms with E-state index in [4.69, 9.17) is 4.42 Å². The second-order valence-electron chi connectivity index (χ2n) is 8.26. The molecule has 2 unspecified atom stereocenters. The molecule has 2 heterocycles. The largest absolute Gasteiger partial charge is 0.459 e. The minimum atomic E-state index is -3.89. The Morgan fingerprint density at radius 3 is 2.21 bits per heavy atom. The average Bonchev–Trinajstić information content (AvgIpc) is 3.40. The van der Waals surface area contributed by atoms with Gasteiger partial charge in [-0.15, -0.1) is 0 Å². The van der Waals surface area contributed by atoms with Crippen molar-refractivity contribution in [1.82, 2.24) is 0 Å². The van der Waals surface area contributed by atoms with Crippen molar-refractivity contribution in [2.45, 2.75) is 30.3 Å². The number of anilines is 2. The van der Waals surface area contributed by atoms with Crippen LogP contribution in [0.15, 0.2) is 113 Å². The summed E-state index contributed by atoms with van der Waals surface area (Å²) in [6.45, 7) is 1.93. The minimum Gasteiger partial charge on any atom is -0.459 e. The highest BCUT2D eigenvalue weighted by molar-refractivity contribution is 7.92. The lowest BCUT2D eigenvalue weighted by Crippen LogP contribution is -2.47. The molecule has 0 saturated heterocycles.